The van der Waals surface area contributed by atoms with Gasteiger partial charge in [-0.15, -0.1) is 11.3 Å². The van der Waals surface area contributed by atoms with Gasteiger partial charge in [-0.3, -0.25) is 4.90 Å². The fourth-order valence-electron chi connectivity index (χ4n) is 2.37. The van der Waals surface area contributed by atoms with Gasteiger partial charge in [0.05, 0.1) is 0 Å². The molecule has 0 aliphatic carbocycles. The molecule has 3 heteroatoms. The lowest BCUT2D eigenvalue weighted by molar-refractivity contribution is 0.217. The summed E-state index contributed by atoms with van der Waals surface area (Å²) in [6, 6.07) is 2.82. The third kappa shape index (κ3) is 2.37. The Labute approximate surface area is 102 Å². The van der Waals surface area contributed by atoms with Gasteiger partial charge in [0.25, 0.3) is 0 Å². The van der Waals surface area contributed by atoms with Crippen LogP contribution in [0.5, 0.6) is 0 Å². The summed E-state index contributed by atoms with van der Waals surface area (Å²) >= 11 is 1.90. The molecule has 2 heterocycles. The van der Waals surface area contributed by atoms with E-state index in [0.717, 1.165) is 19.6 Å². The number of rotatable bonds is 4. The number of likely N-dealkylation sites (N-methyl/N-ethyl adjacent to an activating group) is 1. The molecule has 2 nitrogen and oxygen atoms in total. The summed E-state index contributed by atoms with van der Waals surface area (Å²) in [7, 11) is 1.97. The number of fused-ring (bicyclic) bond motifs is 1. The third-order valence-electron chi connectivity index (χ3n) is 3.26. The predicted molar refractivity (Wildman–Crippen MR) is 71.1 cm³/mol. The molecule has 2 rings (SSSR count). The minimum atomic E-state index is 0.545. The number of nitrogens with one attached hydrogen (secondary N) is 1. The first-order chi connectivity index (χ1) is 7.72. The molecule has 1 atom stereocenters. The fourth-order valence-corrected chi connectivity index (χ4v) is 3.33. The highest BCUT2D eigenvalue weighted by atomic mass is 32.1. The van der Waals surface area contributed by atoms with Gasteiger partial charge in [0.15, 0.2) is 0 Å². The van der Waals surface area contributed by atoms with E-state index in [0.29, 0.717) is 6.04 Å². The zero-order valence-corrected chi connectivity index (χ0v) is 10.9. The molecular formula is C13H20N2S. The summed E-state index contributed by atoms with van der Waals surface area (Å²) in [6.07, 6.45) is 1.20. The molecule has 0 saturated heterocycles. The highest BCUT2D eigenvalue weighted by Gasteiger charge is 2.24. The molecule has 0 spiro atoms. The lowest BCUT2D eigenvalue weighted by Crippen LogP contribution is -2.35. The molecule has 1 aliphatic rings. The molecule has 16 heavy (non-hydrogen) atoms. The van der Waals surface area contributed by atoms with E-state index in [2.05, 4.69) is 35.2 Å². The topological polar surface area (TPSA) is 15.3 Å². The molecule has 0 fully saturated rings. The zero-order chi connectivity index (χ0) is 11.5. The number of thiophene rings is 1. The first-order valence-corrected chi connectivity index (χ1v) is 6.72. The van der Waals surface area contributed by atoms with E-state index in [-0.39, 0.29) is 0 Å². The van der Waals surface area contributed by atoms with Gasteiger partial charge in [-0.25, -0.2) is 0 Å². The van der Waals surface area contributed by atoms with Crippen molar-refractivity contribution in [3.63, 3.8) is 0 Å². The average Bonchev–Trinajstić information content (AvgIpc) is 2.71. The van der Waals surface area contributed by atoms with Crippen molar-refractivity contribution >= 4 is 11.3 Å². The van der Waals surface area contributed by atoms with E-state index < -0.39 is 0 Å². The van der Waals surface area contributed by atoms with Crippen LogP contribution < -0.4 is 5.32 Å². The summed E-state index contributed by atoms with van der Waals surface area (Å²) in [6.45, 7) is 9.51. The molecule has 0 amide bonds. The van der Waals surface area contributed by atoms with Crippen LogP contribution in [0.25, 0.3) is 0 Å². The smallest absolute Gasteiger partial charge is 0.0334 e. The van der Waals surface area contributed by atoms with Gasteiger partial charge in [-0.05, 0) is 43.0 Å². The van der Waals surface area contributed by atoms with Gasteiger partial charge >= 0.3 is 0 Å². The number of nitrogens with zero attached hydrogens (tertiary/aromatic N) is 1. The number of hydrogen-bond acceptors (Lipinski definition) is 3. The molecule has 1 aromatic rings. The molecule has 0 saturated carbocycles. The second kappa shape index (κ2) is 5.13. The van der Waals surface area contributed by atoms with E-state index >= 15 is 0 Å². The van der Waals surface area contributed by atoms with Crippen LogP contribution in [0, 0.1) is 0 Å². The second-order valence-corrected chi connectivity index (χ2v) is 5.48. The minimum absolute atomic E-state index is 0.545. The lowest BCUT2D eigenvalue weighted by Gasteiger charge is -2.34. The molecule has 0 radical (unpaired) electrons. The van der Waals surface area contributed by atoms with Gasteiger partial charge < -0.3 is 5.32 Å². The Morgan fingerprint density at radius 1 is 1.69 bits per heavy atom. The van der Waals surface area contributed by atoms with Gasteiger partial charge in [0.2, 0.25) is 0 Å². The van der Waals surface area contributed by atoms with E-state index in [1.807, 2.05) is 18.4 Å². The first-order valence-electron chi connectivity index (χ1n) is 5.84. The van der Waals surface area contributed by atoms with Gasteiger partial charge in [0.1, 0.15) is 0 Å². The van der Waals surface area contributed by atoms with Crippen molar-refractivity contribution in [1.82, 2.24) is 10.2 Å². The third-order valence-corrected chi connectivity index (χ3v) is 4.25. The van der Waals surface area contributed by atoms with Crippen LogP contribution in [-0.2, 0) is 6.42 Å². The van der Waals surface area contributed by atoms with Crippen molar-refractivity contribution in [3.8, 4) is 0 Å². The molecule has 1 N–H and O–H groups in total. The lowest BCUT2D eigenvalue weighted by atomic mass is 10.0. The van der Waals surface area contributed by atoms with E-state index in [4.69, 9.17) is 0 Å². The van der Waals surface area contributed by atoms with Crippen molar-refractivity contribution in [2.75, 3.05) is 26.7 Å². The van der Waals surface area contributed by atoms with E-state index in [9.17, 15) is 0 Å². The molecule has 0 bridgehead atoms. The highest BCUT2D eigenvalue weighted by Crippen LogP contribution is 2.32. The SMILES string of the molecule is C=C(CNC)CN1CCc2sccc2C1C. The van der Waals surface area contributed by atoms with Gasteiger partial charge in [-0.2, -0.15) is 0 Å². The normalized spacial score (nSPS) is 20.8. The van der Waals surface area contributed by atoms with Crippen molar-refractivity contribution in [3.05, 3.63) is 34.0 Å². The number of hydrogen-bond donors (Lipinski definition) is 1. The van der Waals surface area contributed by atoms with Gasteiger partial charge in [-0.1, -0.05) is 6.58 Å². The minimum Gasteiger partial charge on any atom is -0.316 e. The van der Waals surface area contributed by atoms with Crippen LogP contribution in [-0.4, -0.2) is 31.6 Å². The summed E-state index contributed by atoms with van der Waals surface area (Å²) in [5.41, 5.74) is 2.79. The van der Waals surface area contributed by atoms with Crippen LogP contribution in [0.3, 0.4) is 0 Å². The second-order valence-electron chi connectivity index (χ2n) is 4.48. The van der Waals surface area contributed by atoms with Gasteiger partial charge in [0, 0.05) is 30.6 Å². The maximum Gasteiger partial charge on any atom is 0.0334 e. The molecule has 88 valence electrons. The van der Waals surface area contributed by atoms with Crippen LogP contribution >= 0.6 is 11.3 Å². The zero-order valence-electron chi connectivity index (χ0n) is 10.1. The quantitative estimate of drug-likeness (QED) is 0.808. The Balaban J connectivity index is 2.01. The summed E-state index contributed by atoms with van der Waals surface area (Å²) in [5, 5.41) is 5.38. The molecule has 1 aliphatic heterocycles. The fraction of sp³-hybridized carbons (Fsp3) is 0.538. The van der Waals surface area contributed by atoms with E-state index in [1.54, 1.807) is 4.88 Å². The van der Waals surface area contributed by atoms with Crippen molar-refractivity contribution in [2.24, 2.45) is 0 Å². The Morgan fingerprint density at radius 2 is 2.50 bits per heavy atom. The Hall–Kier alpha value is -0.640. The monoisotopic (exact) mass is 236 g/mol. The Bertz CT molecular complexity index is 370. The van der Waals surface area contributed by atoms with Crippen LogP contribution in [0.4, 0.5) is 0 Å². The van der Waals surface area contributed by atoms with Crippen LogP contribution in [0.1, 0.15) is 23.4 Å². The predicted octanol–water partition coefficient (Wildman–Crippen LogP) is 2.44. The highest BCUT2D eigenvalue weighted by molar-refractivity contribution is 7.10. The van der Waals surface area contributed by atoms with Crippen molar-refractivity contribution in [2.45, 2.75) is 19.4 Å². The summed E-state index contributed by atoms with van der Waals surface area (Å²) < 4.78 is 0. The molecule has 0 aromatic carbocycles. The summed E-state index contributed by atoms with van der Waals surface area (Å²) in [5.74, 6) is 0. The maximum atomic E-state index is 4.12. The summed E-state index contributed by atoms with van der Waals surface area (Å²) in [4.78, 5) is 4.09. The molecule has 1 aromatic heterocycles. The van der Waals surface area contributed by atoms with Crippen LogP contribution in [0.15, 0.2) is 23.6 Å². The van der Waals surface area contributed by atoms with Crippen molar-refractivity contribution < 1.29 is 0 Å². The maximum absolute atomic E-state index is 4.12. The molecular weight excluding hydrogens is 216 g/mol. The largest absolute Gasteiger partial charge is 0.316 e. The Morgan fingerprint density at radius 3 is 3.25 bits per heavy atom. The van der Waals surface area contributed by atoms with E-state index in [1.165, 1.54) is 17.6 Å². The Kier molecular flexibility index (Phi) is 3.79. The standard InChI is InChI=1S/C13H20N2S/c1-10(8-14-3)9-15-6-4-13-12(11(15)2)5-7-16-13/h5,7,11,14H,1,4,6,8-9H2,2-3H3. The molecule has 1 unspecified atom stereocenters. The van der Waals surface area contributed by atoms with Crippen LogP contribution in [0.2, 0.25) is 0 Å². The first kappa shape index (κ1) is 11.8. The average molecular weight is 236 g/mol. The van der Waals surface area contributed by atoms with Crippen molar-refractivity contribution in [1.29, 1.82) is 0 Å².